The Labute approximate surface area is 112 Å². The Balaban J connectivity index is 2.00. The van der Waals surface area contributed by atoms with Gasteiger partial charge in [0.25, 0.3) is 0 Å². The molecule has 2 aliphatic heterocycles. The molecule has 2 aliphatic rings. The molecule has 2 atom stereocenters. The van der Waals surface area contributed by atoms with Gasteiger partial charge in [0.2, 0.25) is 11.8 Å². The van der Waals surface area contributed by atoms with E-state index in [-0.39, 0.29) is 30.1 Å². The van der Waals surface area contributed by atoms with E-state index in [0.717, 1.165) is 19.4 Å². The number of ether oxygens (including phenoxy) is 1. The summed E-state index contributed by atoms with van der Waals surface area (Å²) in [6.45, 7) is 3.43. The lowest BCUT2D eigenvalue weighted by molar-refractivity contribution is -0.151. The molecule has 1 unspecified atom stereocenters. The molecule has 2 rings (SSSR count). The molecule has 6 nitrogen and oxygen atoms in total. The van der Waals surface area contributed by atoms with Crippen LogP contribution in [-0.2, 0) is 19.1 Å². The van der Waals surface area contributed by atoms with E-state index in [4.69, 9.17) is 4.74 Å². The Kier molecular flexibility index (Phi) is 4.19. The number of likely N-dealkylation sites (tertiary alicyclic amines) is 2. The second-order valence-corrected chi connectivity index (χ2v) is 5.10. The summed E-state index contributed by atoms with van der Waals surface area (Å²) >= 11 is 0. The number of carbonyl (C=O) groups is 3. The van der Waals surface area contributed by atoms with Crippen LogP contribution in [0.4, 0.5) is 0 Å². The highest BCUT2D eigenvalue weighted by atomic mass is 16.5. The second-order valence-electron chi connectivity index (χ2n) is 5.10. The molecule has 0 radical (unpaired) electrons. The highest BCUT2D eigenvalue weighted by molar-refractivity contribution is 6.05. The number of carbonyl (C=O) groups excluding carboxylic acids is 3. The molecule has 0 aromatic carbocycles. The van der Waals surface area contributed by atoms with Crippen molar-refractivity contribution in [3.05, 3.63) is 0 Å². The van der Waals surface area contributed by atoms with Gasteiger partial charge < -0.3 is 4.74 Å². The lowest BCUT2D eigenvalue weighted by Gasteiger charge is -2.34. The van der Waals surface area contributed by atoms with Crippen LogP contribution in [0.15, 0.2) is 0 Å². The summed E-state index contributed by atoms with van der Waals surface area (Å²) in [5.41, 5.74) is 0. The molecule has 0 spiro atoms. The highest BCUT2D eigenvalue weighted by Crippen LogP contribution is 2.24. The molecule has 2 fully saturated rings. The summed E-state index contributed by atoms with van der Waals surface area (Å²) in [7, 11) is 1.51. The number of nitrogens with zero attached hydrogens (tertiary/aromatic N) is 2. The van der Waals surface area contributed by atoms with Crippen molar-refractivity contribution in [2.75, 3.05) is 26.7 Å². The molecular formula is C13H20N2O4. The number of likely N-dealkylation sites (N-methyl/N-ethyl adjacent to an activating group) is 1. The summed E-state index contributed by atoms with van der Waals surface area (Å²) in [4.78, 5) is 38.4. The number of piperidine rings is 1. The molecule has 2 amide bonds. The standard InChI is InChI=1S/C13H20N2O4/c1-3-19-13(18)9-5-4-6-15(8-9)10-7-11(16)14(2)12(10)17/h9-10H,3-8H2,1-2H3/t9-,10?/m0/s1. The first-order chi connectivity index (χ1) is 9.04. The zero-order valence-electron chi connectivity index (χ0n) is 11.4. The van der Waals surface area contributed by atoms with Gasteiger partial charge in [-0.2, -0.15) is 0 Å². The molecule has 0 aliphatic carbocycles. The maximum atomic E-state index is 12.0. The fourth-order valence-corrected chi connectivity index (χ4v) is 2.76. The van der Waals surface area contributed by atoms with E-state index in [9.17, 15) is 14.4 Å². The first-order valence-corrected chi connectivity index (χ1v) is 6.75. The number of hydrogen-bond donors (Lipinski definition) is 0. The zero-order valence-corrected chi connectivity index (χ0v) is 11.4. The van der Waals surface area contributed by atoms with Crippen LogP contribution >= 0.6 is 0 Å². The quantitative estimate of drug-likeness (QED) is 0.533. The third-order valence-electron chi connectivity index (χ3n) is 3.87. The second kappa shape index (κ2) is 5.69. The first kappa shape index (κ1) is 14.0. The van der Waals surface area contributed by atoms with Crippen LogP contribution < -0.4 is 0 Å². The lowest BCUT2D eigenvalue weighted by atomic mass is 9.96. The zero-order chi connectivity index (χ0) is 14.0. The molecule has 0 saturated carbocycles. The van der Waals surface area contributed by atoms with Crippen LogP contribution in [0.2, 0.25) is 0 Å². The van der Waals surface area contributed by atoms with Crippen LogP contribution in [0.5, 0.6) is 0 Å². The van der Waals surface area contributed by atoms with Crippen LogP contribution in [0.25, 0.3) is 0 Å². The number of rotatable bonds is 3. The van der Waals surface area contributed by atoms with Crippen LogP contribution in [-0.4, -0.2) is 60.4 Å². The van der Waals surface area contributed by atoms with Crippen molar-refractivity contribution >= 4 is 17.8 Å². The minimum atomic E-state index is -0.394. The maximum absolute atomic E-state index is 12.0. The van der Waals surface area contributed by atoms with E-state index in [1.54, 1.807) is 6.92 Å². The fraction of sp³-hybridized carbons (Fsp3) is 0.769. The topological polar surface area (TPSA) is 66.9 Å². The van der Waals surface area contributed by atoms with Gasteiger partial charge in [-0.05, 0) is 26.3 Å². The monoisotopic (exact) mass is 268 g/mol. The van der Waals surface area contributed by atoms with E-state index >= 15 is 0 Å². The molecule has 0 aromatic heterocycles. The van der Waals surface area contributed by atoms with Gasteiger partial charge in [0.1, 0.15) is 0 Å². The fourth-order valence-electron chi connectivity index (χ4n) is 2.76. The molecule has 0 N–H and O–H groups in total. The largest absolute Gasteiger partial charge is 0.466 e. The van der Waals surface area contributed by atoms with Gasteiger partial charge in [0, 0.05) is 13.6 Å². The number of amides is 2. The predicted octanol–water partition coefficient (Wildman–Crippen LogP) is 0.0188. The van der Waals surface area contributed by atoms with Gasteiger partial charge in [-0.15, -0.1) is 0 Å². The maximum Gasteiger partial charge on any atom is 0.310 e. The number of esters is 1. The van der Waals surface area contributed by atoms with Crippen LogP contribution in [0.1, 0.15) is 26.2 Å². The smallest absolute Gasteiger partial charge is 0.310 e. The van der Waals surface area contributed by atoms with Crippen molar-refractivity contribution in [2.24, 2.45) is 5.92 Å². The van der Waals surface area contributed by atoms with E-state index in [1.807, 2.05) is 4.90 Å². The van der Waals surface area contributed by atoms with Crippen molar-refractivity contribution in [2.45, 2.75) is 32.2 Å². The molecule has 6 heteroatoms. The SMILES string of the molecule is CCOC(=O)[C@H]1CCCN(C2CC(=O)N(C)C2=O)C1. The average molecular weight is 268 g/mol. The average Bonchev–Trinajstić information content (AvgIpc) is 2.67. The molecule has 0 bridgehead atoms. The Morgan fingerprint density at radius 2 is 2.16 bits per heavy atom. The Morgan fingerprint density at radius 3 is 2.74 bits per heavy atom. The van der Waals surface area contributed by atoms with Gasteiger partial charge >= 0.3 is 5.97 Å². The summed E-state index contributed by atoms with van der Waals surface area (Å²) in [5.74, 6) is -0.678. The van der Waals surface area contributed by atoms with Crippen molar-refractivity contribution in [3.8, 4) is 0 Å². The summed E-state index contributed by atoms with van der Waals surface area (Å²) in [6.07, 6.45) is 1.87. The van der Waals surface area contributed by atoms with Crippen molar-refractivity contribution in [1.29, 1.82) is 0 Å². The molecular weight excluding hydrogens is 248 g/mol. The molecule has 0 aromatic rings. The minimum absolute atomic E-state index is 0.145. The van der Waals surface area contributed by atoms with E-state index < -0.39 is 6.04 Å². The molecule has 2 saturated heterocycles. The number of imide groups is 1. The lowest BCUT2D eigenvalue weighted by Crippen LogP contribution is -2.48. The van der Waals surface area contributed by atoms with Crippen LogP contribution in [0, 0.1) is 5.92 Å². The summed E-state index contributed by atoms with van der Waals surface area (Å²) < 4.78 is 5.03. The van der Waals surface area contributed by atoms with Gasteiger partial charge in [0.15, 0.2) is 0 Å². The van der Waals surface area contributed by atoms with E-state index in [1.165, 1.54) is 11.9 Å². The third-order valence-corrected chi connectivity index (χ3v) is 3.87. The summed E-state index contributed by atoms with van der Waals surface area (Å²) in [5, 5.41) is 0. The van der Waals surface area contributed by atoms with Crippen molar-refractivity contribution in [1.82, 2.24) is 9.80 Å². The first-order valence-electron chi connectivity index (χ1n) is 6.75. The molecule has 19 heavy (non-hydrogen) atoms. The highest BCUT2D eigenvalue weighted by Gasteiger charge is 2.42. The molecule has 106 valence electrons. The Bertz CT molecular complexity index is 396. The minimum Gasteiger partial charge on any atom is -0.466 e. The molecule has 2 heterocycles. The Hall–Kier alpha value is -1.43. The van der Waals surface area contributed by atoms with Crippen molar-refractivity contribution in [3.63, 3.8) is 0 Å². The number of hydrogen-bond acceptors (Lipinski definition) is 5. The van der Waals surface area contributed by atoms with Crippen molar-refractivity contribution < 1.29 is 19.1 Å². The van der Waals surface area contributed by atoms with Gasteiger partial charge in [-0.1, -0.05) is 0 Å². The van der Waals surface area contributed by atoms with E-state index in [0.29, 0.717) is 13.2 Å². The normalized spacial score (nSPS) is 28.8. The van der Waals surface area contributed by atoms with Gasteiger partial charge in [-0.3, -0.25) is 24.2 Å². The van der Waals surface area contributed by atoms with Crippen LogP contribution in [0.3, 0.4) is 0 Å². The summed E-state index contributed by atoms with van der Waals surface area (Å²) in [6, 6.07) is -0.394. The van der Waals surface area contributed by atoms with E-state index in [2.05, 4.69) is 0 Å². The predicted molar refractivity (Wildman–Crippen MR) is 67.1 cm³/mol. The Morgan fingerprint density at radius 1 is 1.42 bits per heavy atom. The van der Waals surface area contributed by atoms with Gasteiger partial charge in [0.05, 0.1) is 25.0 Å². The van der Waals surface area contributed by atoms with Gasteiger partial charge in [-0.25, -0.2) is 0 Å². The third kappa shape index (κ3) is 2.78.